The zero-order valence-electron chi connectivity index (χ0n) is 12.2. The molecule has 2 aromatic carbocycles. The van der Waals surface area contributed by atoms with Crippen LogP contribution in [0.3, 0.4) is 0 Å². The van der Waals surface area contributed by atoms with Crippen molar-refractivity contribution in [1.29, 1.82) is 0 Å². The highest BCUT2D eigenvalue weighted by Gasteiger charge is 2.14. The molecule has 0 unspecified atom stereocenters. The molecule has 0 heterocycles. The first kappa shape index (κ1) is 16.2. The predicted octanol–water partition coefficient (Wildman–Crippen LogP) is 5.90. The lowest BCUT2D eigenvalue weighted by atomic mass is 9.98. The lowest BCUT2D eigenvalue weighted by Gasteiger charge is -2.16. The SMILES string of the molecule is Cc1cccc(C(C)C)c1NC(=O)c1cc(Br)cc(Br)c1. The van der Waals surface area contributed by atoms with Crippen LogP contribution < -0.4 is 5.32 Å². The molecule has 21 heavy (non-hydrogen) atoms. The van der Waals surface area contributed by atoms with Gasteiger partial charge in [0.25, 0.3) is 5.91 Å². The standard InChI is InChI=1S/C17H17Br2NO/c1-10(2)15-6-4-5-11(3)16(15)20-17(21)12-7-13(18)9-14(19)8-12/h4-10H,1-3H3,(H,20,21). The quantitative estimate of drug-likeness (QED) is 0.670. The molecule has 2 aromatic rings. The summed E-state index contributed by atoms with van der Waals surface area (Å²) in [5, 5.41) is 3.05. The van der Waals surface area contributed by atoms with E-state index in [-0.39, 0.29) is 5.91 Å². The summed E-state index contributed by atoms with van der Waals surface area (Å²) >= 11 is 6.82. The second-order valence-corrected chi connectivity index (χ2v) is 7.14. The maximum Gasteiger partial charge on any atom is 0.255 e. The minimum atomic E-state index is -0.104. The Morgan fingerprint density at radius 1 is 1.10 bits per heavy atom. The van der Waals surface area contributed by atoms with Gasteiger partial charge in [-0.05, 0) is 42.2 Å². The van der Waals surface area contributed by atoms with Crippen molar-refractivity contribution in [3.63, 3.8) is 0 Å². The Hall–Kier alpha value is -1.13. The molecule has 0 fully saturated rings. The minimum Gasteiger partial charge on any atom is -0.321 e. The van der Waals surface area contributed by atoms with E-state index in [2.05, 4.69) is 57.1 Å². The summed E-state index contributed by atoms with van der Waals surface area (Å²) in [5.41, 5.74) is 3.75. The maximum absolute atomic E-state index is 12.5. The molecule has 0 saturated carbocycles. The number of carbonyl (C=O) groups is 1. The monoisotopic (exact) mass is 409 g/mol. The Morgan fingerprint density at radius 2 is 1.71 bits per heavy atom. The number of hydrogen-bond donors (Lipinski definition) is 1. The normalized spacial score (nSPS) is 10.8. The summed E-state index contributed by atoms with van der Waals surface area (Å²) in [6.45, 7) is 6.26. The Morgan fingerprint density at radius 3 is 2.29 bits per heavy atom. The third-order valence-electron chi connectivity index (χ3n) is 3.29. The first-order valence-electron chi connectivity index (χ1n) is 6.75. The Labute approximate surface area is 142 Å². The molecule has 2 nitrogen and oxygen atoms in total. The van der Waals surface area contributed by atoms with E-state index in [1.807, 2.05) is 37.3 Å². The first-order chi connectivity index (χ1) is 9.88. The number of aryl methyl sites for hydroxylation is 1. The van der Waals surface area contributed by atoms with Crippen LogP contribution in [0.15, 0.2) is 45.3 Å². The number of para-hydroxylation sites is 1. The van der Waals surface area contributed by atoms with E-state index in [9.17, 15) is 4.79 Å². The fraction of sp³-hybridized carbons (Fsp3) is 0.235. The van der Waals surface area contributed by atoms with Crippen molar-refractivity contribution >= 4 is 43.5 Å². The molecule has 0 aliphatic carbocycles. The van der Waals surface area contributed by atoms with Gasteiger partial charge in [-0.1, -0.05) is 63.9 Å². The van der Waals surface area contributed by atoms with Crippen molar-refractivity contribution in [2.24, 2.45) is 0 Å². The molecule has 0 atom stereocenters. The summed E-state index contributed by atoms with van der Waals surface area (Å²) in [6, 6.07) is 11.6. The van der Waals surface area contributed by atoms with Crippen LogP contribution >= 0.6 is 31.9 Å². The molecular weight excluding hydrogens is 394 g/mol. The summed E-state index contributed by atoms with van der Waals surface area (Å²) in [5.74, 6) is 0.252. The van der Waals surface area contributed by atoms with Crippen molar-refractivity contribution in [3.05, 3.63) is 62.0 Å². The van der Waals surface area contributed by atoms with Crippen LogP contribution in [0, 0.1) is 6.92 Å². The van der Waals surface area contributed by atoms with E-state index in [1.54, 1.807) is 0 Å². The molecule has 1 N–H and O–H groups in total. The number of nitrogens with one attached hydrogen (secondary N) is 1. The molecule has 110 valence electrons. The van der Waals surface area contributed by atoms with Gasteiger partial charge >= 0.3 is 0 Å². The average Bonchev–Trinajstić information content (AvgIpc) is 2.39. The fourth-order valence-corrected chi connectivity index (χ4v) is 3.51. The van der Waals surface area contributed by atoms with Crippen LogP contribution in [0.25, 0.3) is 0 Å². The number of amides is 1. The molecule has 0 spiro atoms. The number of benzene rings is 2. The van der Waals surface area contributed by atoms with Crippen molar-refractivity contribution < 1.29 is 4.79 Å². The molecule has 0 aromatic heterocycles. The summed E-state index contributed by atoms with van der Waals surface area (Å²) in [4.78, 5) is 12.5. The Balaban J connectivity index is 2.36. The number of rotatable bonds is 3. The van der Waals surface area contributed by atoms with Crippen LogP contribution in [0.1, 0.15) is 41.3 Å². The molecule has 0 aliphatic heterocycles. The molecule has 0 aliphatic rings. The largest absolute Gasteiger partial charge is 0.321 e. The topological polar surface area (TPSA) is 29.1 Å². The molecular formula is C17H17Br2NO. The molecule has 2 rings (SSSR count). The highest BCUT2D eigenvalue weighted by Crippen LogP contribution is 2.28. The number of hydrogen-bond acceptors (Lipinski definition) is 1. The van der Waals surface area contributed by atoms with Crippen LogP contribution in [0.4, 0.5) is 5.69 Å². The van der Waals surface area contributed by atoms with Crippen molar-refractivity contribution in [2.45, 2.75) is 26.7 Å². The zero-order chi connectivity index (χ0) is 15.6. The van der Waals surface area contributed by atoms with E-state index in [1.165, 1.54) is 0 Å². The van der Waals surface area contributed by atoms with E-state index in [0.29, 0.717) is 11.5 Å². The lowest BCUT2D eigenvalue weighted by molar-refractivity contribution is 0.102. The molecule has 1 amide bonds. The van der Waals surface area contributed by atoms with E-state index >= 15 is 0 Å². The van der Waals surface area contributed by atoms with Crippen molar-refractivity contribution in [1.82, 2.24) is 0 Å². The van der Waals surface area contributed by atoms with E-state index < -0.39 is 0 Å². The van der Waals surface area contributed by atoms with Gasteiger partial charge in [-0.25, -0.2) is 0 Å². The third-order valence-corrected chi connectivity index (χ3v) is 4.21. The van der Waals surface area contributed by atoms with Gasteiger partial charge in [0.05, 0.1) is 0 Å². The van der Waals surface area contributed by atoms with Crippen molar-refractivity contribution in [3.8, 4) is 0 Å². The minimum absolute atomic E-state index is 0.104. The molecule has 0 radical (unpaired) electrons. The number of carbonyl (C=O) groups excluding carboxylic acids is 1. The highest BCUT2D eigenvalue weighted by molar-refractivity contribution is 9.11. The van der Waals surface area contributed by atoms with Gasteiger partial charge in [0.2, 0.25) is 0 Å². The van der Waals surface area contributed by atoms with Gasteiger partial charge in [0, 0.05) is 20.2 Å². The zero-order valence-corrected chi connectivity index (χ0v) is 15.4. The van der Waals surface area contributed by atoms with Gasteiger partial charge < -0.3 is 5.32 Å². The average molecular weight is 411 g/mol. The number of anilines is 1. The van der Waals surface area contributed by atoms with Crippen LogP contribution in [-0.4, -0.2) is 5.91 Å². The van der Waals surface area contributed by atoms with Crippen LogP contribution in [0.2, 0.25) is 0 Å². The number of halogens is 2. The molecule has 0 saturated heterocycles. The molecule has 4 heteroatoms. The van der Waals surface area contributed by atoms with E-state index in [4.69, 9.17) is 0 Å². The van der Waals surface area contributed by atoms with Crippen LogP contribution in [0.5, 0.6) is 0 Å². The highest BCUT2D eigenvalue weighted by atomic mass is 79.9. The van der Waals surface area contributed by atoms with Gasteiger partial charge in [0.15, 0.2) is 0 Å². The van der Waals surface area contributed by atoms with Crippen LogP contribution in [-0.2, 0) is 0 Å². The van der Waals surface area contributed by atoms with Gasteiger partial charge in [-0.3, -0.25) is 4.79 Å². The lowest BCUT2D eigenvalue weighted by Crippen LogP contribution is -2.15. The smallest absolute Gasteiger partial charge is 0.255 e. The first-order valence-corrected chi connectivity index (χ1v) is 8.34. The molecule has 0 bridgehead atoms. The summed E-state index contributed by atoms with van der Waals surface area (Å²) in [6.07, 6.45) is 0. The van der Waals surface area contributed by atoms with Gasteiger partial charge in [-0.2, -0.15) is 0 Å². The maximum atomic E-state index is 12.5. The second-order valence-electron chi connectivity index (χ2n) is 5.31. The summed E-state index contributed by atoms with van der Waals surface area (Å²) in [7, 11) is 0. The van der Waals surface area contributed by atoms with Gasteiger partial charge in [0.1, 0.15) is 0 Å². The van der Waals surface area contributed by atoms with Crippen molar-refractivity contribution in [2.75, 3.05) is 5.32 Å². The summed E-state index contributed by atoms with van der Waals surface area (Å²) < 4.78 is 1.74. The van der Waals surface area contributed by atoms with E-state index in [0.717, 1.165) is 25.8 Å². The Kier molecular flexibility index (Phi) is 5.22. The third kappa shape index (κ3) is 3.95. The Bertz CT molecular complexity index is 660. The predicted molar refractivity (Wildman–Crippen MR) is 95.1 cm³/mol. The fourth-order valence-electron chi connectivity index (χ4n) is 2.21. The van der Waals surface area contributed by atoms with Gasteiger partial charge in [-0.15, -0.1) is 0 Å². The second kappa shape index (κ2) is 6.75.